The third kappa shape index (κ3) is 4.06. The Balaban J connectivity index is 1.97. The van der Waals surface area contributed by atoms with Crippen LogP contribution in [-0.4, -0.2) is 67.3 Å². The van der Waals surface area contributed by atoms with Gasteiger partial charge in [-0.25, -0.2) is 4.79 Å². The van der Waals surface area contributed by atoms with Gasteiger partial charge in [0, 0.05) is 31.9 Å². The van der Waals surface area contributed by atoms with Crippen LogP contribution in [0.1, 0.15) is 10.4 Å². The zero-order valence-corrected chi connectivity index (χ0v) is 12.7. The first kappa shape index (κ1) is 16.5. The third-order valence-corrected chi connectivity index (χ3v) is 3.49. The molecule has 1 N–H and O–H groups in total. The van der Waals surface area contributed by atoms with E-state index in [1.54, 1.807) is 23.1 Å². The van der Waals surface area contributed by atoms with E-state index in [-0.39, 0.29) is 5.56 Å². The van der Waals surface area contributed by atoms with Gasteiger partial charge in [-0.1, -0.05) is 6.07 Å². The number of rotatable bonds is 3. The van der Waals surface area contributed by atoms with Gasteiger partial charge in [0.25, 0.3) is 0 Å². The van der Waals surface area contributed by atoms with Gasteiger partial charge in [0.05, 0.1) is 12.7 Å². The summed E-state index contributed by atoms with van der Waals surface area (Å²) in [6.45, 7) is 1.43. The largest absolute Gasteiger partial charge is 0.465 e. The number of anilines is 1. The van der Waals surface area contributed by atoms with E-state index in [0.29, 0.717) is 31.9 Å². The number of nitrogens with one attached hydrogen (secondary N) is 1. The highest BCUT2D eigenvalue weighted by molar-refractivity contribution is 6.39. The molecule has 1 heterocycles. The fourth-order valence-corrected chi connectivity index (χ4v) is 2.20. The van der Waals surface area contributed by atoms with Gasteiger partial charge in [0.2, 0.25) is 6.41 Å². The molecule has 0 atom stereocenters. The van der Waals surface area contributed by atoms with E-state index in [1.807, 2.05) is 0 Å². The molecule has 8 nitrogen and oxygen atoms in total. The zero-order chi connectivity index (χ0) is 16.8. The monoisotopic (exact) mass is 319 g/mol. The highest BCUT2D eigenvalue weighted by Crippen LogP contribution is 2.12. The first-order chi connectivity index (χ1) is 11.0. The molecule has 1 aromatic carbocycles. The first-order valence-electron chi connectivity index (χ1n) is 7.03. The number of esters is 1. The van der Waals surface area contributed by atoms with Crippen molar-refractivity contribution in [3.05, 3.63) is 29.8 Å². The molecular weight excluding hydrogens is 302 g/mol. The van der Waals surface area contributed by atoms with Crippen LogP contribution in [0.5, 0.6) is 0 Å². The molecule has 2 rings (SSSR count). The Morgan fingerprint density at radius 2 is 1.87 bits per heavy atom. The van der Waals surface area contributed by atoms with Crippen molar-refractivity contribution in [2.24, 2.45) is 0 Å². The molecule has 23 heavy (non-hydrogen) atoms. The Morgan fingerprint density at radius 1 is 1.17 bits per heavy atom. The smallest absolute Gasteiger partial charge is 0.337 e. The Hall–Kier alpha value is -2.90. The summed E-state index contributed by atoms with van der Waals surface area (Å²) < 4.78 is 4.60. The Kier molecular flexibility index (Phi) is 5.29. The number of hydrogen-bond acceptors (Lipinski definition) is 5. The zero-order valence-electron chi connectivity index (χ0n) is 12.7. The minimum absolute atomic E-state index is 0.275. The molecule has 3 amide bonds. The summed E-state index contributed by atoms with van der Waals surface area (Å²) in [5, 5.41) is 2.46. The average Bonchev–Trinajstić information content (AvgIpc) is 2.60. The lowest BCUT2D eigenvalue weighted by atomic mass is 10.2. The lowest BCUT2D eigenvalue weighted by Gasteiger charge is -2.31. The topological polar surface area (TPSA) is 96.0 Å². The van der Waals surface area contributed by atoms with Gasteiger partial charge < -0.3 is 19.9 Å². The Bertz CT molecular complexity index is 623. The SMILES string of the molecule is COC(=O)c1cccc(NC(=O)C(=O)N2CCN(C=O)CC2)c1. The molecule has 1 aliphatic rings. The summed E-state index contributed by atoms with van der Waals surface area (Å²) >= 11 is 0. The van der Waals surface area contributed by atoms with Crippen molar-refractivity contribution in [2.45, 2.75) is 0 Å². The van der Waals surface area contributed by atoms with Gasteiger partial charge in [-0.3, -0.25) is 14.4 Å². The van der Waals surface area contributed by atoms with Gasteiger partial charge in [0.1, 0.15) is 0 Å². The molecule has 0 unspecified atom stereocenters. The number of piperazine rings is 1. The second-order valence-electron chi connectivity index (χ2n) is 4.96. The molecule has 1 fully saturated rings. The minimum Gasteiger partial charge on any atom is -0.465 e. The summed E-state index contributed by atoms with van der Waals surface area (Å²) in [6, 6.07) is 6.13. The molecule has 0 radical (unpaired) electrons. The quantitative estimate of drug-likeness (QED) is 0.469. The van der Waals surface area contributed by atoms with E-state index in [4.69, 9.17) is 0 Å². The maximum atomic E-state index is 12.1. The summed E-state index contributed by atoms with van der Waals surface area (Å²) in [4.78, 5) is 49.1. The van der Waals surface area contributed by atoms with E-state index >= 15 is 0 Å². The van der Waals surface area contributed by atoms with Crippen molar-refractivity contribution >= 4 is 29.9 Å². The van der Waals surface area contributed by atoms with Crippen LogP contribution < -0.4 is 5.32 Å². The van der Waals surface area contributed by atoms with E-state index in [9.17, 15) is 19.2 Å². The molecule has 1 aliphatic heterocycles. The number of carbonyl (C=O) groups excluding carboxylic acids is 4. The van der Waals surface area contributed by atoms with Crippen LogP contribution in [0.25, 0.3) is 0 Å². The molecule has 0 aliphatic carbocycles. The van der Waals surface area contributed by atoms with Crippen LogP contribution in [0.2, 0.25) is 0 Å². The molecule has 1 saturated heterocycles. The van der Waals surface area contributed by atoms with Crippen molar-refractivity contribution in [2.75, 3.05) is 38.6 Å². The van der Waals surface area contributed by atoms with E-state index < -0.39 is 17.8 Å². The lowest BCUT2D eigenvalue weighted by Crippen LogP contribution is -2.51. The summed E-state index contributed by atoms with van der Waals surface area (Å²) in [5.41, 5.74) is 0.607. The predicted octanol–water partition coefficient (Wildman–Crippen LogP) is -0.288. The summed E-state index contributed by atoms with van der Waals surface area (Å²) in [6.07, 6.45) is 0.722. The van der Waals surface area contributed by atoms with Gasteiger partial charge in [-0.15, -0.1) is 0 Å². The van der Waals surface area contributed by atoms with Crippen molar-refractivity contribution < 1.29 is 23.9 Å². The maximum Gasteiger partial charge on any atom is 0.337 e. The Morgan fingerprint density at radius 3 is 2.48 bits per heavy atom. The fraction of sp³-hybridized carbons (Fsp3) is 0.333. The van der Waals surface area contributed by atoms with Gasteiger partial charge in [-0.05, 0) is 18.2 Å². The average molecular weight is 319 g/mol. The van der Waals surface area contributed by atoms with Gasteiger partial charge in [0.15, 0.2) is 0 Å². The van der Waals surface area contributed by atoms with Crippen molar-refractivity contribution in [1.82, 2.24) is 9.80 Å². The van der Waals surface area contributed by atoms with Crippen LogP contribution in [0, 0.1) is 0 Å². The standard InChI is InChI=1S/C15H17N3O5/c1-23-15(22)11-3-2-4-12(9-11)16-13(20)14(21)18-7-5-17(10-19)6-8-18/h2-4,9-10H,5-8H2,1H3,(H,16,20). The molecule has 0 bridgehead atoms. The Labute approximate surface area is 133 Å². The highest BCUT2D eigenvalue weighted by atomic mass is 16.5. The number of amides is 3. The molecule has 8 heteroatoms. The van der Waals surface area contributed by atoms with E-state index in [1.165, 1.54) is 18.1 Å². The van der Waals surface area contributed by atoms with Crippen LogP contribution in [0.3, 0.4) is 0 Å². The van der Waals surface area contributed by atoms with Crippen LogP contribution in [-0.2, 0) is 19.1 Å². The molecular formula is C15H17N3O5. The number of carbonyl (C=O) groups is 4. The predicted molar refractivity (Wildman–Crippen MR) is 80.6 cm³/mol. The molecule has 0 spiro atoms. The minimum atomic E-state index is -0.786. The van der Waals surface area contributed by atoms with Crippen LogP contribution >= 0.6 is 0 Å². The number of hydrogen-bond donors (Lipinski definition) is 1. The van der Waals surface area contributed by atoms with Gasteiger partial charge >= 0.3 is 17.8 Å². The number of methoxy groups -OCH3 is 1. The highest BCUT2D eigenvalue weighted by Gasteiger charge is 2.25. The molecule has 0 aromatic heterocycles. The van der Waals surface area contributed by atoms with Crippen LogP contribution in [0.4, 0.5) is 5.69 Å². The maximum absolute atomic E-state index is 12.1. The number of nitrogens with zero attached hydrogens (tertiary/aromatic N) is 2. The van der Waals surface area contributed by atoms with Crippen molar-refractivity contribution in [3.8, 4) is 0 Å². The van der Waals surface area contributed by atoms with E-state index in [0.717, 1.165) is 6.41 Å². The van der Waals surface area contributed by atoms with Crippen molar-refractivity contribution in [3.63, 3.8) is 0 Å². The summed E-state index contributed by atoms with van der Waals surface area (Å²) in [7, 11) is 1.26. The second kappa shape index (κ2) is 7.39. The van der Waals surface area contributed by atoms with Crippen LogP contribution in [0.15, 0.2) is 24.3 Å². The first-order valence-corrected chi connectivity index (χ1v) is 7.03. The molecule has 1 aromatic rings. The van der Waals surface area contributed by atoms with Gasteiger partial charge in [-0.2, -0.15) is 0 Å². The molecule has 122 valence electrons. The third-order valence-electron chi connectivity index (χ3n) is 3.49. The second-order valence-corrected chi connectivity index (χ2v) is 4.96. The van der Waals surface area contributed by atoms with E-state index in [2.05, 4.69) is 10.1 Å². The fourth-order valence-electron chi connectivity index (χ4n) is 2.20. The molecule has 0 saturated carbocycles. The normalized spacial score (nSPS) is 14.1. The van der Waals surface area contributed by atoms with Crippen molar-refractivity contribution in [1.29, 1.82) is 0 Å². The summed E-state index contributed by atoms with van der Waals surface area (Å²) in [5.74, 6) is -1.98. The number of ether oxygens (including phenoxy) is 1. The number of benzene rings is 1. The lowest BCUT2D eigenvalue weighted by molar-refractivity contribution is -0.144.